The molecule has 4 heteroatoms. The maximum atomic E-state index is 13.5. The van der Waals surface area contributed by atoms with Crippen LogP contribution in [-0.2, 0) is 4.79 Å². The highest BCUT2D eigenvalue weighted by molar-refractivity contribution is 5.98. The van der Waals surface area contributed by atoms with Gasteiger partial charge in [0, 0.05) is 11.5 Å². The van der Waals surface area contributed by atoms with Gasteiger partial charge in [0.2, 0.25) is 5.91 Å². The highest BCUT2D eigenvalue weighted by atomic mass is 16.2. The molecule has 4 nitrogen and oxygen atoms in total. The molecule has 0 aliphatic heterocycles. The number of nitrogens with two attached hydrogens (primary N) is 1. The molecule has 3 aromatic rings. The van der Waals surface area contributed by atoms with Crippen molar-refractivity contribution in [2.24, 2.45) is 5.73 Å². The molecular formula is C29H34N2O2. The lowest BCUT2D eigenvalue weighted by atomic mass is 9.84. The fourth-order valence-corrected chi connectivity index (χ4v) is 4.53. The molecule has 3 N–H and O–H groups in total. The van der Waals surface area contributed by atoms with Crippen LogP contribution in [0.1, 0.15) is 83.6 Å². The smallest absolute Gasteiger partial charge is 0.251 e. The first kappa shape index (κ1) is 24.2. The largest absolute Gasteiger partial charge is 0.368 e. The van der Waals surface area contributed by atoms with Crippen LogP contribution in [0.15, 0.2) is 72.8 Å². The Morgan fingerprint density at radius 2 is 1.18 bits per heavy atom. The first-order valence-electron chi connectivity index (χ1n) is 11.5. The van der Waals surface area contributed by atoms with Crippen molar-refractivity contribution < 1.29 is 9.59 Å². The van der Waals surface area contributed by atoms with E-state index in [4.69, 9.17) is 5.73 Å². The molecule has 3 aromatic carbocycles. The standard InChI is InChI=1S/C29H34N2O2/c1-18(2)24-16-23(17-25(19(3)4)20(24)5)29(33)31-27(28(30)32)26(21-12-8-6-9-13-21)22-14-10-7-11-15-22/h6-19,26-27H,1-5H3,(H2,30,32)(H,31,33)/t27-/m0/s1. The second-order valence-corrected chi connectivity index (χ2v) is 9.24. The van der Waals surface area contributed by atoms with Crippen molar-refractivity contribution in [2.45, 2.75) is 58.4 Å². The molecule has 0 aliphatic rings. The van der Waals surface area contributed by atoms with Gasteiger partial charge in [-0.2, -0.15) is 0 Å². The van der Waals surface area contributed by atoms with Crippen LogP contribution in [0.3, 0.4) is 0 Å². The highest BCUT2D eigenvalue weighted by Gasteiger charge is 2.31. The maximum absolute atomic E-state index is 13.5. The van der Waals surface area contributed by atoms with E-state index in [9.17, 15) is 9.59 Å². The Hall–Kier alpha value is -3.40. The van der Waals surface area contributed by atoms with E-state index in [1.54, 1.807) is 0 Å². The predicted molar refractivity (Wildman–Crippen MR) is 135 cm³/mol. The van der Waals surface area contributed by atoms with Crippen molar-refractivity contribution in [3.63, 3.8) is 0 Å². The first-order chi connectivity index (χ1) is 15.7. The number of amides is 2. The van der Waals surface area contributed by atoms with E-state index in [0.717, 1.165) is 22.3 Å². The van der Waals surface area contributed by atoms with E-state index in [0.29, 0.717) is 5.56 Å². The quantitative estimate of drug-likeness (QED) is 0.473. The van der Waals surface area contributed by atoms with Crippen molar-refractivity contribution in [2.75, 3.05) is 0 Å². The number of nitrogens with one attached hydrogen (secondary N) is 1. The summed E-state index contributed by atoms with van der Waals surface area (Å²) in [6.45, 7) is 10.6. The van der Waals surface area contributed by atoms with Crippen molar-refractivity contribution in [3.8, 4) is 0 Å². The van der Waals surface area contributed by atoms with Crippen molar-refractivity contribution in [1.29, 1.82) is 0 Å². The van der Waals surface area contributed by atoms with Crippen LogP contribution in [0.25, 0.3) is 0 Å². The zero-order valence-electron chi connectivity index (χ0n) is 20.1. The second-order valence-electron chi connectivity index (χ2n) is 9.24. The second kappa shape index (κ2) is 10.5. The van der Waals surface area contributed by atoms with E-state index < -0.39 is 17.9 Å². The Bertz CT molecular complexity index is 1040. The minimum atomic E-state index is -0.895. The lowest BCUT2D eigenvalue weighted by molar-refractivity contribution is -0.120. The Morgan fingerprint density at radius 1 is 0.758 bits per heavy atom. The summed E-state index contributed by atoms with van der Waals surface area (Å²) in [5.41, 5.74) is 11.8. The zero-order chi connectivity index (χ0) is 24.1. The maximum Gasteiger partial charge on any atom is 0.251 e. The Kier molecular flexibility index (Phi) is 7.70. The van der Waals surface area contributed by atoms with Crippen LogP contribution in [0.5, 0.6) is 0 Å². The normalized spacial score (nSPS) is 12.2. The van der Waals surface area contributed by atoms with Crippen molar-refractivity contribution >= 4 is 11.8 Å². The SMILES string of the molecule is Cc1c(C(C)C)cc(C(=O)N[C@H](C(N)=O)C(c2ccccc2)c2ccccc2)cc1C(C)C. The van der Waals surface area contributed by atoms with Gasteiger partial charge in [0.15, 0.2) is 0 Å². The summed E-state index contributed by atoms with van der Waals surface area (Å²) in [7, 11) is 0. The average molecular weight is 443 g/mol. The molecule has 33 heavy (non-hydrogen) atoms. The molecule has 0 saturated carbocycles. The van der Waals surface area contributed by atoms with Crippen LogP contribution < -0.4 is 11.1 Å². The molecule has 2 amide bonds. The van der Waals surface area contributed by atoms with Gasteiger partial charge in [0.05, 0.1) is 0 Å². The van der Waals surface area contributed by atoms with Crippen LogP contribution in [0, 0.1) is 6.92 Å². The summed E-state index contributed by atoms with van der Waals surface area (Å²) in [5.74, 6) is -0.693. The van der Waals surface area contributed by atoms with Gasteiger partial charge >= 0.3 is 0 Å². The Labute approximate surface area is 197 Å². The number of carbonyl (C=O) groups is 2. The van der Waals surface area contributed by atoms with Crippen LogP contribution in [-0.4, -0.2) is 17.9 Å². The molecule has 0 aliphatic carbocycles. The molecule has 0 unspecified atom stereocenters. The molecule has 0 spiro atoms. The number of hydrogen-bond donors (Lipinski definition) is 2. The van der Waals surface area contributed by atoms with Gasteiger partial charge in [-0.25, -0.2) is 0 Å². The van der Waals surface area contributed by atoms with E-state index >= 15 is 0 Å². The van der Waals surface area contributed by atoms with E-state index in [1.807, 2.05) is 72.8 Å². The number of primary amides is 1. The summed E-state index contributed by atoms with van der Waals surface area (Å²) in [6.07, 6.45) is 0. The molecule has 0 saturated heterocycles. The van der Waals surface area contributed by atoms with E-state index in [-0.39, 0.29) is 17.7 Å². The monoisotopic (exact) mass is 442 g/mol. The van der Waals surface area contributed by atoms with Crippen molar-refractivity contribution in [1.82, 2.24) is 5.32 Å². The Morgan fingerprint density at radius 3 is 1.55 bits per heavy atom. The molecule has 172 valence electrons. The molecule has 0 bridgehead atoms. The van der Waals surface area contributed by atoms with Gasteiger partial charge in [-0.15, -0.1) is 0 Å². The molecule has 0 fully saturated rings. The lowest BCUT2D eigenvalue weighted by Gasteiger charge is -2.27. The van der Waals surface area contributed by atoms with Gasteiger partial charge in [-0.05, 0) is 58.7 Å². The minimum Gasteiger partial charge on any atom is -0.368 e. The fraction of sp³-hybridized carbons (Fsp3) is 0.310. The van der Waals surface area contributed by atoms with Gasteiger partial charge in [-0.1, -0.05) is 88.4 Å². The molecule has 1 atom stereocenters. The third-order valence-electron chi connectivity index (χ3n) is 6.24. The summed E-state index contributed by atoms with van der Waals surface area (Å²) in [4.78, 5) is 26.1. The molecular weight excluding hydrogens is 408 g/mol. The van der Waals surface area contributed by atoms with E-state index in [1.165, 1.54) is 5.56 Å². The van der Waals surface area contributed by atoms with Gasteiger partial charge in [0.1, 0.15) is 6.04 Å². The molecule has 0 aromatic heterocycles. The van der Waals surface area contributed by atoms with Gasteiger partial charge in [0.25, 0.3) is 5.91 Å². The summed E-state index contributed by atoms with van der Waals surface area (Å²) >= 11 is 0. The topological polar surface area (TPSA) is 72.2 Å². The lowest BCUT2D eigenvalue weighted by Crippen LogP contribution is -2.48. The van der Waals surface area contributed by atoms with Crippen LogP contribution >= 0.6 is 0 Å². The third kappa shape index (κ3) is 5.51. The third-order valence-corrected chi connectivity index (χ3v) is 6.24. The number of carbonyl (C=O) groups excluding carboxylic acids is 2. The average Bonchev–Trinajstić information content (AvgIpc) is 2.79. The minimum absolute atomic E-state index is 0.281. The Balaban J connectivity index is 2.04. The zero-order valence-corrected chi connectivity index (χ0v) is 20.1. The highest BCUT2D eigenvalue weighted by Crippen LogP contribution is 2.31. The first-order valence-corrected chi connectivity index (χ1v) is 11.5. The molecule has 0 radical (unpaired) electrons. The van der Waals surface area contributed by atoms with Gasteiger partial charge < -0.3 is 11.1 Å². The van der Waals surface area contributed by atoms with Crippen LogP contribution in [0.2, 0.25) is 0 Å². The summed E-state index contributed by atoms with van der Waals surface area (Å²) in [6, 6.07) is 22.4. The van der Waals surface area contributed by atoms with Gasteiger partial charge in [-0.3, -0.25) is 9.59 Å². The van der Waals surface area contributed by atoms with Crippen LogP contribution in [0.4, 0.5) is 0 Å². The predicted octanol–water partition coefficient (Wildman–Crippen LogP) is 5.66. The number of hydrogen-bond acceptors (Lipinski definition) is 2. The fourth-order valence-electron chi connectivity index (χ4n) is 4.53. The summed E-state index contributed by atoms with van der Waals surface area (Å²) < 4.78 is 0. The molecule has 0 heterocycles. The number of rotatable bonds is 8. The van der Waals surface area contributed by atoms with Crippen molar-refractivity contribution in [3.05, 3.63) is 106 Å². The summed E-state index contributed by atoms with van der Waals surface area (Å²) in [5, 5.41) is 2.97. The van der Waals surface area contributed by atoms with E-state index in [2.05, 4.69) is 39.9 Å². The number of benzene rings is 3. The molecule has 3 rings (SSSR count).